The molecule has 1 aromatic heterocycles. The first-order valence-electron chi connectivity index (χ1n) is 6.02. The molecule has 0 amide bonds. The molecule has 0 aliphatic heterocycles. The number of hydrazine groups is 1. The Labute approximate surface area is 108 Å². The third-order valence-electron chi connectivity index (χ3n) is 2.83. The number of hydrogen-bond donors (Lipinski definition) is 3. The first-order valence-corrected chi connectivity index (χ1v) is 6.02. The van der Waals surface area contributed by atoms with Crippen molar-refractivity contribution in [2.45, 2.75) is 27.2 Å². The van der Waals surface area contributed by atoms with Crippen molar-refractivity contribution in [2.75, 3.05) is 36.3 Å². The van der Waals surface area contributed by atoms with Gasteiger partial charge in [0, 0.05) is 20.6 Å². The van der Waals surface area contributed by atoms with Crippen LogP contribution in [-0.2, 0) is 0 Å². The monoisotopic (exact) mass is 253 g/mol. The molecule has 4 N–H and O–H groups in total. The Balaban J connectivity index is 2.85. The molecule has 102 valence electrons. The molecule has 0 fully saturated rings. The molecule has 0 unspecified atom stereocenters. The Morgan fingerprint density at radius 3 is 2.28 bits per heavy atom. The zero-order valence-corrected chi connectivity index (χ0v) is 11.8. The van der Waals surface area contributed by atoms with E-state index in [2.05, 4.69) is 46.5 Å². The van der Waals surface area contributed by atoms with Gasteiger partial charge in [0.25, 0.3) is 0 Å². The fraction of sp³-hybridized carbons (Fsp3) is 0.727. The largest absolute Gasteiger partial charge is 0.353 e. The highest BCUT2D eigenvalue weighted by Crippen LogP contribution is 2.20. The Kier molecular flexibility index (Phi) is 4.66. The van der Waals surface area contributed by atoms with Gasteiger partial charge < -0.3 is 10.2 Å². The molecule has 7 nitrogen and oxygen atoms in total. The van der Waals surface area contributed by atoms with Gasteiger partial charge in [-0.1, -0.05) is 20.8 Å². The highest BCUT2D eigenvalue weighted by Gasteiger charge is 2.16. The zero-order valence-electron chi connectivity index (χ0n) is 11.8. The Morgan fingerprint density at radius 1 is 1.17 bits per heavy atom. The lowest BCUT2D eigenvalue weighted by molar-refractivity contribution is 0.376. The molecule has 7 heteroatoms. The molecule has 0 spiro atoms. The molecular formula is C11H23N7. The van der Waals surface area contributed by atoms with Gasteiger partial charge in [-0.15, -0.1) is 0 Å². The van der Waals surface area contributed by atoms with Gasteiger partial charge in [-0.3, -0.25) is 5.43 Å². The minimum Gasteiger partial charge on any atom is -0.353 e. The molecular weight excluding hydrogens is 230 g/mol. The van der Waals surface area contributed by atoms with Gasteiger partial charge in [-0.2, -0.15) is 15.0 Å². The molecule has 0 bridgehead atoms. The summed E-state index contributed by atoms with van der Waals surface area (Å²) in [5, 5.41) is 3.22. The summed E-state index contributed by atoms with van der Waals surface area (Å²) in [6, 6.07) is 0. The lowest BCUT2D eigenvalue weighted by Gasteiger charge is -2.23. The molecule has 0 saturated heterocycles. The van der Waals surface area contributed by atoms with Gasteiger partial charge in [0.05, 0.1) is 0 Å². The topological polar surface area (TPSA) is 92.0 Å². The van der Waals surface area contributed by atoms with Crippen molar-refractivity contribution in [1.29, 1.82) is 0 Å². The van der Waals surface area contributed by atoms with E-state index in [1.54, 1.807) is 4.90 Å². The number of nitrogens with one attached hydrogen (secondary N) is 2. The third kappa shape index (κ3) is 3.99. The SMILES string of the molecule is CCC(C)(C)CNc1nc(NN)nc(N(C)C)n1. The fourth-order valence-electron chi connectivity index (χ4n) is 1.15. The van der Waals surface area contributed by atoms with E-state index in [9.17, 15) is 0 Å². The van der Waals surface area contributed by atoms with E-state index < -0.39 is 0 Å². The summed E-state index contributed by atoms with van der Waals surface area (Å²) >= 11 is 0. The number of anilines is 3. The van der Waals surface area contributed by atoms with Crippen LogP contribution in [0.1, 0.15) is 27.2 Å². The Hall–Kier alpha value is -1.63. The van der Waals surface area contributed by atoms with Crippen LogP contribution in [0.2, 0.25) is 0 Å². The quantitative estimate of drug-likeness (QED) is 0.516. The van der Waals surface area contributed by atoms with Gasteiger partial charge in [-0.25, -0.2) is 5.84 Å². The minimum absolute atomic E-state index is 0.196. The summed E-state index contributed by atoms with van der Waals surface area (Å²) in [5.41, 5.74) is 2.64. The van der Waals surface area contributed by atoms with E-state index in [4.69, 9.17) is 5.84 Å². The van der Waals surface area contributed by atoms with E-state index in [1.165, 1.54) is 0 Å². The number of hydrogen-bond acceptors (Lipinski definition) is 7. The van der Waals surface area contributed by atoms with E-state index in [0.29, 0.717) is 17.8 Å². The maximum atomic E-state index is 5.35. The van der Waals surface area contributed by atoms with Crippen molar-refractivity contribution in [3.63, 3.8) is 0 Å². The second-order valence-corrected chi connectivity index (χ2v) is 5.19. The van der Waals surface area contributed by atoms with E-state index >= 15 is 0 Å². The molecule has 0 aliphatic carbocycles. The number of nitrogen functional groups attached to an aromatic ring is 1. The van der Waals surface area contributed by atoms with Crippen LogP contribution < -0.4 is 21.5 Å². The molecule has 1 heterocycles. The van der Waals surface area contributed by atoms with Crippen molar-refractivity contribution in [3.8, 4) is 0 Å². The predicted octanol–water partition coefficient (Wildman–Crippen LogP) is 1.07. The van der Waals surface area contributed by atoms with Gasteiger partial charge in [0.1, 0.15) is 0 Å². The van der Waals surface area contributed by atoms with Crippen LogP contribution in [0.15, 0.2) is 0 Å². The van der Waals surface area contributed by atoms with Crippen molar-refractivity contribution in [3.05, 3.63) is 0 Å². The Bertz CT molecular complexity index is 389. The van der Waals surface area contributed by atoms with Crippen molar-refractivity contribution in [1.82, 2.24) is 15.0 Å². The highest BCUT2D eigenvalue weighted by atomic mass is 15.4. The zero-order chi connectivity index (χ0) is 13.8. The second kappa shape index (κ2) is 5.81. The standard InChI is InChI=1S/C11H23N7/c1-6-11(2,3)7-13-8-14-9(17-12)16-10(15-8)18(4)5/h6-7,12H2,1-5H3,(H2,13,14,15,16,17). The molecule has 18 heavy (non-hydrogen) atoms. The summed E-state index contributed by atoms with van der Waals surface area (Å²) in [7, 11) is 3.74. The van der Waals surface area contributed by atoms with E-state index in [1.807, 2.05) is 14.1 Å². The summed E-state index contributed by atoms with van der Waals surface area (Å²) in [4.78, 5) is 14.4. The summed E-state index contributed by atoms with van der Waals surface area (Å²) in [6.45, 7) is 7.34. The van der Waals surface area contributed by atoms with E-state index in [-0.39, 0.29) is 5.41 Å². The van der Waals surface area contributed by atoms with Gasteiger partial charge in [0.15, 0.2) is 0 Å². The molecule has 0 aliphatic rings. The van der Waals surface area contributed by atoms with Crippen LogP contribution in [0.25, 0.3) is 0 Å². The van der Waals surface area contributed by atoms with Crippen LogP contribution in [-0.4, -0.2) is 35.6 Å². The van der Waals surface area contributed by atoms with Crippen molar-refractivity contribution in [2.24, 2.45) is 11.3 Å². The van der Waals surface area contributed by atoms with Crippen LogP contribution >= 0.6 is 0 Å². The minimum atomic E-state index is 0.196. The highest BCUT2D eigenvalue weighted by molar-refractivity contribution is 5.42. The molecule has 0 aromatic carbocycles. The van der Waals surface area contributed by atoms with Crippen molar-refractivity contribution < 1.29 is 0 Å². The molecule has 0 atom stereocenters. The lowest BCUT2D eigenvalue weighted by Crippen LogP contribution is -2.24. The third-order valence-corrected chi connectivity index (χ3v) is 2.83. The van der Waals surface area contributed by atoms with Crippen LogP contribution in [0.3, 0.4) is 0 Å². The molecule has 1 aromatic rings. The van der Waals surface area contributed by atoms with Crippen LogP contribution in [0.5, 0.6) is 0 Å². The maximum absolute atomic E-state index is 5.35. The first kappa shape index (κ1) is 14.4. The summed E-state index contributed by atoms with van der Waals surface area (Å²) in [5.74, 6) is 6.79. The summed E-state index contributed by atoms with van der Waals surface area (Å²) < 4.78 is 0. The first-order chi connectivity index (χ1) is 8.38. The number of rotatable bonds is 6. The maximum Gasteiger partial charge on any atom is 0.243 e. The average molecular weight is 253 g/mol. The molecule has 0 radical (unpaired) electrons. The number of nitrogens with two attached hydrogens (primary N) is 1. The molecule has 0 saturated carbocycles. The van der Waals surface area contributed by atoms with Gasteiger partial charge in [-0.05, 0) is 11.8 Å². The fourth-order valence-corrected chi connectivity index (χ4v) is 1.15. The lowest BCUT2D eigenvalue weighted by atomic mass is 9.90. The normalized spacial score (nSPS) is 11.2. The Morgan fingerprint density at radius 2 is 1.78 bits per heavy atom. The average Bonchev–Trinajstić information content (AvgIpc) is 2.36. The number of nitrogens with zero attached hydrogens (tertiary/aromatic N) is 4. The number of aromatic nitrogens is 3. The van der Waals surface area contributed by atoms with Gasteiger partial charge in [0.2, 0.25) is 17.8 Å². The van der Waals surface area contributed by atoms with Crippen LogP contribution in [0, 0.1) is 5.41 Å². The van der Waals surface area contributed by atoms with Gasteiger partial charge >= 0.3 is 0 Å². The summed E-state index contributed by atoms with van der Waals surface area (Å²) in [6.07, 6.45) is 1.08. The smallest absolute Gasteiger partial charge is 0.243 e. The van der Waals surface area contributed by atoms with Crippen molar-refractivity contribution >= 4 is 17.8 Å². The predicted molar refractivity (Wildman–Crippen MR) is 74.5 cm³/mol. The van der Waals surface area contributed by atoms with Crippen LogP contribution in [0.4, 0.5) is 17.8 Å². The second-order valence-electron chi connectivity index (χ2n) is 5.19. The van der Waals surface area contributed by atoms with E-state index in [0.717, 1.165) is 13.0 Å². The molecule has 1 rings (SSSR count).